The Balaban J connectivity index is 1.54. The van der Waals surface area contributed by atoms with Crippen LogP contribution in [0.3, 0.4) is 0 Å². The number of halogens is 1. The number of rotatable bonds is 4. The molecule has 4 aromatic heterocycles. The van der Waals surface area contributed by atoms with Crippen LogP contribution in [0.15, 0.2) is 48.9 Å². The zero-order valence-corrected chi connectivity index (χ0v) is 18.4. The monoisotopic (exact) mass is 443 g/mol. The number of carbonyl (C=O) groups is 1. The number of carbonyl (C=O) groups excluding carboxylic acids is 1. The molecule has 0 saturated heterocycles. The molecule has 0 bridgehead atoms. The van der Waals surface area contributed by atoms with E-state index in [1.807, 2.05) is 26.8 Å². The number of anilines is 1. The Morgan fingerprint density at radius 3 is 2.82 bits per heavy atom. The van der Waals surface area contributed by atoms with Crippen molar-refractivity contribution in [3.05, 3.63) is 54.7 Å². The Bertz CT molecular complexity index is 1460. The first kappa shape index (κ1) is 20.7. The molecule has 8 nitrogen and oxygen atoms in total. The van der Waals surface area contributed by atoms with E-state index in [0.717, 1.165) is 0 Å². The van der Waals surface area contributed by atoms with Crippen LogP contribution in [0.25, 0.3) is 44.7 Å². The lowest BCUT2D eigenvalue weighted by atomic mass is 9.92. The van der Waals surface area contributed by atoms with E-state index < -0.39 is 5.82 Å². The van der Waals surface area contributed by atoms with Crippen molar-refractivity contribution >= 4 is 33.7 Å². The van der Waals surface area contributed by atoms with Crippen LogP contribution >= 0.6 is 0 Å². The number of aromatic amines is 2. The van der Waals surface area contributed by atoms with Crippen LogP contribution in [0.2, 0.25) is 0 Å². The molecule has 166 valence electrons. The van der Waals surface area contributed by atoms with Gasteiger partial charge in [0.1, 0.15) is 17.0 Å². The molecule has 0 spiro atoms. The number of nitrogens with zero attached hydrogens (tertiary/aromatic N) is 4. The number of fused-ring (bicyclic) bond motifs is 2. The summed E-state index contributed by atoms with van der Waals surface area (Å²) in [6.45, 7) is 5.98. The number of nitrogens with one attached hydrogen (secondary N) is 3. The first-order chi connectivity index (χ1) is 15.8. The number of H-pyrrole nitrogens is 2. The maximum Gasteiger partial charge on any atom is 0.224 e. The highest BCUT2D eigenvalue weighted by Crippen LogP contribution is 2.34. The van der Waals surface area contributed by atoms with Crippen molar-refractivity contribution in [1.82, 2.24) is 30.1 Å². The van der Waals surface area contributed by atoms with Crippen LogP contribution in [-0.2, 0) is 4.79 Å². The quantitative estimate of drug-likeness (QED) is 0.359. The molecule has 0 aliphatic carbocycles. The van der Waals surface area contributed by atoms with E-state index in [2.05, 4.69) is 35.5 Å². The van der Waals surface area contributed by atoms with E-state index >= 15 is 4.39 Å². The molecule has 5 aromatic rings. The summed E-state index contributed by atoms with van der Waals surface area (Å²) in [5.41, 5.74) is 3.44. The maximum atomic E-state index is 15.8. The molecular formula is C24H22FN7O. The Hall–Kier alpha value is -4.14. The van der Waals surface area contributed by atoms with Gasteiger partial charge in [-0.15, -0.1) is 0 Å². The lowest BCUT2D eigenvalue weighted by Gasteiger charge is -2.17. The van der Waals surface area contributed by atoms with Crippen LogP contribution in [0.1, 0.15) is 27.2 Å². The van der Waals surface area contributed by atoms with Crippen molar-refractivity contribution in [2.75, 3.05) is 5.32 Å². The zero-order chi connectivity index (χ0) is 23.2. The van der Waals surface area contributed by atoms with Gasteiger partial charge in [-0.1, -0.05) is 20.8 Å². The molecule has 0 aliphatic rings. The van der Waals surface area contributed by atoms with Crippen LogP contribution in [0.4, 0.5) is 10.1 Å². The van der Waals surface area contributed by atoms with Gasteiger partial charge in [-0.2, -0.15) is 5.10 Å². The third-order valence-electron chi connectivity index (χ3n) is 5.17. The molecule has 1 aromatic carbocycles. The molecule has 3 N–H and O–H groups in total. The van der Waals surface area contributed by atoms with Crippen molar-refractivity contribution in [3.63, 3.8) is 0 Å². The van der Waals surface area contributed by atoms with Crippen LogP contribution in [0, 0.1) is 11.2 Å². The van der Waals surface area contributed by atoms with Gasteiger partial charge >= 0.3 is 0 Å². The number of amides is 1. The molecule has 0 saturated carbocycles. The van der Waals surface area contributed by atoms with Gasteiger partial charge < -0.3 is 10.3 Å². The normalized spacial score (nSPS) is 11.9. The molecular weight excluding hydrogens is 421 g/mol. The third-order valence-corrected chi connectivity index (χ3v) is 5.17. The Morgan fingerprint density at radius 1 is 1.18 bits per heavy atom. The number of aromatic nitrogens is 6. The van der Waals surface area contributed by atoms with E-state index in [1.54, 1.807) is 42.9 Å². The average Bonchev–Trinajstić information content (AvgIpc) is 3.37. The molecule has 5 rings (SSSR count). The molecule has 33 heavy (non-hydrogen) atoms. The minimum absolute atomic E-state index is 0.118. The maximum absolute atomic E-state index is 15.8. The van der Waals surface area contributed by atoms with Gasteiger partial charge in [-0.3, -0.25) is 14.9 Å². The van der Waals surface area contributed by atoms with Gasteiger partial charge in [0.05, 0.1) is 22.8 Å². The summed E-state index contributed by atoms with van der Waals surface area (Å²) in [4.78, 5) is 28.3. The fraction of sp³-hybridized carbons (Fsp3) is 0.208. The number of hydrogen-bond donors (Lipinski definition) is 3. The predicted octanol–water partition coefficient (Wildman–Crippen LogP) is 5.08. The van der Waals surface area contributed by atoms with E-state index in [4.69, 9.17) is 0 Å². The van der Waals surface area contributed by atoms with Crippen molar-refractivity contribution in [1.29, 1.82) is 0 Å². The van der Waals surface area contributed by atoms with Crippen LogP contribution < -0.4 is 5.32 Å². The van der Waals surface area contributed by atoms with Crippen molar-refractivity contribution in [2.45, 2.75) is 27.2 Å². The molecule has 9 heteroatoms. The van der Waals surface area contributed by atoms with Gasteiger partial charge in [-0.25, -0.2) is 14.4 Å². The van der Waals surface area contributed by atoms with Gasteiger partial charge in [0, 0.05) is 29.9 Å². The minimum Gasteiger partial charge on any atom is -0.325 e. The fourth-order valence-corrected chi connectivity index (χ4v) is 3.77. The van der Waals surface area contributed by atoms with E-state index in [-0.39, 0.29) is 11.3 Å². The van der Waals surface area contributed by atoms with Crippen molar-refractivity contribution in [2.24, 2.45) is 5.41 Å². The Labute approximate surface area is 188 Å². The summed E-state index contributed by atoms with van der Waals surface area (Å²) < 4.78 is 15.8. The highest BCUT2D eigenvalue weighted by molar-refractivity contribution is 5.96. The largest absolute Gasteiger partial charge is 0.325 e. The summed E-state index contributed by atoms with van der Waals surface area (Å²) in [6.07, 6.45) is 5.13. The minimum atomic E-state index is -0.454. The number of hydrogen-bond acceptors (Lipinski definition) is 5. The predicted molar refractivity (Wildman–Crippen MR) is 125 cm³/mol. The number of benzene rings is 1. The molecule has 4 heterocycles. The first-order valence-corrected chi connectivity index (χ1v) is 10.5. The molecule has 0 aliphatic heterocycles. The van der Waals surface area contributed by atoms with Crippen molar-refractivity contribution < 1.29 is 9.18 Å². The number of pyridine rings is 2. The first-order valence-electron chi connectivity index (χ1n) is 10.5. The van der Waals surface area contributed by atoms with Crippen LogP contribution in [0.5, 0.6) is 0 Å². The molecule has 1 amide bonds. The fourth-order valence-electron chi connectivity index (χ4n) is 3.77. The second-order valence-electron chi connectivity index (χ2n) is 9.13. The standard InChI is InChI=1S/C24H22FN7O/c1-24(2,3)10-18(33)28-14-9-13(11-26-12-14)15-6-7-16-19(20(15)25)21(32-31-16)23-29-17-5-4-8-27-22(17)30-23/h4-9,11-12H,10H2,1-3H3,(H,28,33)(H,31,32)(H,27,29,30). The molecule has 0 unspecified atom stereocenters. The summed E-state index contributed by atoms with van der Waals surface area (Å²) in [5.74, 6) is -0.148. The van der Waals surface area contributed by atoms with E-state index in [1.165, 1.54) is 0 Å². The highest BCUT2D eigenvalue weighted by atomic mass is 19.1. The second-order valence-corrected chi connectivity index (χ2v) is 9.13. The van der Waals surface area contributed by atoms with Gasteiger partial charge in [0.2, 0.25) is 5.91 Å². The molecule has 0 radical (unpaired) electrons. The van der Waals surface area contributed by atoms with Gasteiger partial charge in [-0.05, 0) is 35.7 Å². The summed E-state index contributed by atoms with van der Waals surface area (Å²) in [6, 6.07) is 8.74. The van der Waals surface area contributed by atoms with E-state index in [9.17, 15) is 4.79 Å². The highest BCUT2D eigenvalue weighted by Gasteiger charge is 2.20. The Morgan fingerprint density at radius 2 is 2.03 bits per heavy atom. The van der Waals surface area contributed by atoms with Crippen molar-refractivity contribution in [3.8, 4) is 22.6 Å². The topological polar surface area (TPSA) is 112 Å². The summed E-state index contributed by atoms with van der Waals surface area (Å²) in [5, 5.41) is 10.3. The van der Waals surface area contributed by atoms with Crippen LogP contribution in [-0.4, -0.2) is 36.0 Å². The molecule has 0 atom stereocenters. The zero-order valence-electron chi connectivity index (χ0n) is 18.4. The average molecular weight is 443 g/mol. The third kappa shape index (κ3) is 4.05. The second kappa shape index (κ2) is 7.77. The molecule has 0 fully saturated rings. The smallest absolute Gasteiger partial charge is 0.224 e. The van der Waals surface area contributed by atoms with Gasteiger partial charge in [0.25, 0.3) is 0 Å². The lowest BCUT2D eigenvalue weighted by Crippen LogP contribution is -2.19. The van der Waals surface area contributed by atoms with E-state index in [0.29, 0.717) is 56.8 Å². The summed E-state index contributed by atoms with van der Waals surface area (Å²) in [7, 11) is 0. The number of imidazole rings is 1. The van der Waals surface area contributed by atoms with Gasteiger partial charge in [0.15, 0.2) is 11.5 Å². The lowest BCUT2D eigenvalue weighted by molar-refractivity contribution is -0.117. The summed E-state index contributed by atoms with van der Waals surface area (Å²) >= 11 is 0. The Kier molecular flexibility index (Phi) is 4.88. The SMILES string of the molecule is CC(C)(C)CC(=O)Nc1cncc(-c2ccc3[nH]nc(-c4nc5cccnc5[nH]4)c3c2F)c1.